The molecule has 1 fully saturated rings. The summed E-state index contributed by atoms with van der Waals surface area (Å²) in [6.45, 7) is 3.63. The van der Waals surface area contributed by atoms with E-state index in [1.165, 1.54) is 13.2 Å². The highest BCUT2D eigenvalue weighted by molar-refractivity contribution is 5.76. The molecule has 0 spiro atoms. The quantitative estimate of drug-likeness (QED) is 0.793. The number of nitrogens with zero attached hydrogens (tertiary/aromatic N) is 2. The summed E-state index contributed by atoms with van der Waals surface area (Å²) in [6.07, 6.45) is 1.13. The van der Waals surface area contributed by atoms with Crippen LogP contribution in [0.4, 0.5) is 10.1 Å². The number of carbonyl (C=O) groups excluding carboxylic acids is 1. The third-order valence-electron chi connectivity index (χ3n) is 5.01. The molecule has 0 aromatic heterocycles. The molecule has 1 heterocycles. The third kappa shape index (κ3) is 4.98. The summed E-state index contributed by atoms with van der Waals surface area (Å²) in [7, 11) is 1.46. The lowest BCUT2D eigenvalue weighted by atomic mass is 10.1. The van der Waals surface area contributed by atoms with E-state index in [-0.39, 0.29) is 17.5 Å². The third-order valence-corrected chi connectivity index (χ3v) is 5.01. The van der Waals surface area contributed by atoms with Crippen LogP contribution in [0.5, 0.6) is 5.75 Å². The maximum atomic E-state index is 13.8. The molecule has 2 aromatic rings. The molecule has 0 saturated carbocycles. The van der Waals surface area contributed by atoms with Gasteiger partial charge in [0.2, 0.25) is 5.91 Å². The van der Waals surface area contributed by atoms with E-state index in [0.29, 0.717) is 32.5 Å². The first-order valence-electron chi connectivity index (χ1n) is 9.22. The van der Waals surface area contributed by atoms with Crippen LogP contribution in [0, 0.1) is 5.82 Å². The van der Waals surface area contributed by atoms with Crippen LogP contribution in [0.1, 0.15) is 17.5 Å². The molecule has 3 rings (SSSR count). The van der Waals surface area contributed by atoms with Gasteiger partial charge in [-0.1, -0.05) is 24.3 Å². The number of nitrogens with two attached hydrogens (primary N) is 1. The highest BCUT2D eigenvalue weighted by atomic mass is 19.1. The van der Waals surface area contributed by atoms with E-state index in [1.807, 2.05) is 35.2 Å². The Morgan fingerprint density at radius 3 is 2.56 bits per heavy atom. The zero-order valence-corrected chi connectivity index (χ0v) is 15.7. The fourth-order valence-electron chi connectivity index (χ4n) is 3.38. The molecule has 0 radical (unpaired) electrons. The summed E-state index contributed by atoms with van der Waals surface area (Å²) >= 11 is 0. The number of ether oxygens (including phenoxy) is 1. The Bertz CT molecular complexity index is 789. The van der Waals surface area contributed by atoms with Crippen molar-refractivity contribution in [2.45, 2.75) is 19.4 Å². The molecule has 1 saturated heterocycles. The van der Waals surface area contributed by atoms with Crippen molar-refractivity contribution in [2.75, 3.05) is 39.0 Å². The van der Waals surface area contributed by atoms with E-state index < -0.39 is 0 Å². The molecule has 6 heteroatoms. The first kappa shape index (κ1) is 19.2. The molecule has 1 aliphatic rings. The van der Waals surface area contributed by atoms with E-state index in [9.17, 15) is 9.18 Å². The van der Waals surface area contributed by atoms with Gasteiger partial charge in [0.25, 0.3) is 0 Å². The maximum absolute atomic E-state index is 13.8. The number of hydrogen-bond donors (Lipinski definition) is 1. The normalized spacial score (nSPS) is 15.0. The lowest BCUT2D eigenvalue weighted by Gasteiger charge is -2.35. The Labute approximate surface area is 159 Å². The molecule has 1 aliphatic heterocycles. The highest BCUT2D eigenvalue weighted by Crippen LogP contribution is 2.19. The molecule has 0 aliphatic carbocycles. The van der Waals surface area contributed by atoms with Gasteiger partial charge in [0.1, 0.15) is 0 Å². The van der Waals surface area contributed by atoms with E-state index in [2.05, 4.69) is 4.90 Å². The summed E-state index contributed by atoms with van der Waals surface area (Å²) in [6, 6.07) is 12.7. The summed E-state index contributed by atoms with van der Waals surface area (Å²) in [5.74, 6) is 0.0746. The van der Waals surface area contributed by atoms with E-state index in [4.69, 9.17) is 10.5 Å². The predicted molar refractivity (Wildman–Crippen MR) is 104 cm³/mol. The molecular formula is C21H26FN3O2. The number of rotatable bonds is 6. The highest BCUT2D eigenvalue weighted by Gasteiger charge is 2.21. The van der Waals surface area contributed by atoms with Gasteiger partial charge < -0.3 is 15.4 Å². The van der Waals surface area contributed by atoms with Crippen LogP contribution >= 0.6 is 0 Å². The van der Waals surface area contributed by atoms with Gasteiger partial charge in [0.05, 0.1) is 7.11 Å². The topological polar surface area (TPSA) is 58.8 Å². The molecule has 0 unspecified atom stereocenters. The molecule has 2 aromatic carbocycles. The van der Waals surface area contributed by atoms with Gasteiger partial charge in [-0.15, -0.1) is 0 Å². The summed E-state index contributed by atoms with van der Waals surface area (Å²) < 4.78 is 18.8. The maximum Gasteiger partial charge on any atom is 0.222 e. The average molecular weight is 371 g/mol. The number of nitrogen functional groups attached to an aromatic ring is 1. The fraction of sp³-hybridized carbons (Fsp3) is 0.381. The van der Waals surface area contributed by atoms with Gasteiger partial charge in [0.15, 0.2) is 11.6 Å². The molecule has 27 heavy (non-hydrogen) atoms. The number of halogens is 1. The number of para-hydroxylation sites is 1. The lowest BCUT2D eigenvalue weighted by molar-refractivity contribution is -0.132. The van der Waals surface area contributed by atoms with Gasteiger partial charge in [-0.3, -0.25) is 9.69 Å². The second-order valence-electron chi connectivity index (χ2n) is 6.82. The zero-order chi connectivity index (χ0) is 19.2. The SMILES string of the molecule is COc1ccc(CN2CCN(C(=O)CCc3ccccc3N)CC2)cc1F. The van der Waals surface area contributed by atoms with Crippen molar-refractivity contribution >= 4 is 11.6 Å². The van der Waals surface area contributed by atoms with Crippen molar-refractivity contribution < 1.29 is 13.9 Å². The minimum Gasteiger partial charge on any atom is -0.494 e. The Kier molecular flexibility index (Phi) is 6.29. The molecule has 1 amide bonds. The average Bonchev–Trinajstić information content (AvgIpc) is 2.68. The van der Waals surface area contributed by atoms with Crippen LogP contribution in [0.25, 0.3) is 0 Å². The van der Waals surface area contributed by atoms with Crippen LogP contribution in [-0.2, 0) is 17.8 Å². The van der Waals surface area contributed by atoms with Crippen LogP contribution in [0.2, 0.25) is 0 Å². The number of carbonyl (C=O) groups is 1. The van der Waals surface area contributed by atoms with Gasteiger partial charge in [-0.2, -0.15) is 0 Å². The smallest absolute Gasteiger partial charge is 0.222 e. The molecule has 5 nitrogen and oxygen atoms in total. The van der Waals surface area contributed by atoms with E-state index in [0.717, 1.165) is 29.9 Å². The number of amides is 1. The zero-order valence-electron chi connectivity index (χ0n) is 15.7. The van der Waals surface area contributed by atoms with Crippen molar-refractivity contribution in [3.05, 3.63) is 59.4 Å². The predicted octanol–water partition coefficient (Wildman–Crippen LogP) is 2.69. The monoisotopic (exact) mass is 371 g/mol. The van der Waals surface area contributed by atoms with Gasteiger partial charge in [-0.05, 0) is 35.7 Å². The Morgan fingerprint density at radius 1 is 1.15 bits per heavy atom. The molecule has 0 bridgehead atoms. The Balaban J connectivity index is 1.46. The van der Waals surface area contributed by atoms with Crippen molar-refractivity contribution in [3.8, 4) is 5.75 Å². The van der Waals surface area contributed by atoms with E-state index >= 15 is 0 Å². The number of piperazine rings is 1. The molecule has 0 atom stereocenters. The fourth-order valence-corrected chi connectivity index (χ4v) is 3.38. The summed E-state index contributed by atoms with van der Waals surface area (Å²) in [5, 5.41) is 0. The minimum absolute atomic E-state index is 0.161. The number of anilines is 1. The standard InChI is InChI=1S/C21H26FN3O2/c1-27-20-8-6-16(14-18(20)22)15-24-10-12-25(13-11-24)21(26)9-7-17-4-2-3-5-19(17)23/h2-6,8,14H,7,9-13,15,23H2,1H3. The largest absolute Gasteiger partial charge is 0.494 e. The summed E-state index contributed by atoms with van der Waals surface area (Å²) in [5.41, 5.74) is 8.61. The summed E-state index contributed by atoms with van der Waals surface area (Å²) in [4.78, 5) is 16.6. The van der Waals surface area contributed by atoms with Gasteiger partial charge >= 0.3 is 0 Å². The Morgan fingerprint density at radius 2 is 1.89 bits per heavy atom. The second-order valence-corrected chi connectivity index (χ2v) is 6.82. The van der Waals surface area contributed by atoms with Crippen molar-refractivity contribution in [3.63, 3.8) is 0 Å². The van der Waals surface area contributed by atoms with Crippen LogP contribution < -0.4 is 10.5 Å². The number of aryl methyl sites for hydroxylation is 1. The van der Waals surface area contributed by atoms with Crippen LogP contribution in [-0.4, -0.2) is 49.0 Å². The van der Waals surface area contributed by atoms with E-state index in [1.54, 1.807) is 6.07 Å². The lowest BCUT2D eigenvalue weighted by Crippen LogP contribution is -2.48. The second kappa shape index (κ2) is 8.86. The number of hydrogen-bond acceptors (Lipinski definition) is 4. The molecule has 144 valence electrons. The van der Waals surface area contributed by atoms with Gasteiger partial charge in [-0.25, -0.2) is 4.39 Å². The minimum atomic E-state index is -0.344. The number of methoxy groups -OCH3 is 1. The first-order chi connectivity index (χ1) is 13.1. The number of benzene rings is 2. The van der Waals surface area contributed by atoms with Crippen molar-refractivity contribution in [1.82, 2.24) is 9.80 Å². The Hall–Kier alpha value is -2.60. The van der Waals surface area contributed by atoms with Gasteiger partial charge in [0, 0.05) is 44.8 Å². The van der Waals surface area contributed by atoms with Crippen molar-refractivity contribution in [1.29, 1.82) is 0 Å². The first-order valence-corrected chi connectivity index (χ1v) is 9.22. The molecule has 2 N–H and O–H groups in total. The molecular weight excluding hydrogens is 345 g/mol. The van der Waals surface area contributed by atoms with Crippen LogP contribution in [0.3, 0.4) is 0 Å². The van der Waals surface area contributed by atoms with Crippen LogP contribution in [0.15, 0.2) is 42.5 Å². The van der Waals surface area contributed by atoms with Crippen molar-refractivity contribution in [2.24, 2.45) is 0 Å².